The van der Waals surface area contributed by atoms with Gasteiger partial charge < -0.3 is 5.11 Å². The molecule has 0 aromatic heterocycles. The quantitative estimate of drug-likeness (QED) is 0.514. The lowest BCUT2D eigenvalue weighted by molar-refractivity contribution is 0.127. The van der Waals surface area contributed by atoms with Gasteiger partial charge in [0.1, 0.15) is 0 Å². The molecular weight excluding hydrogens is 387 g/mol. The number of hydrogen-bond donors (Lipinski definition) is 1. The summed E-state index contributed by atoms with van der Waals surface area (Å²) in [6, 6.07) is 19.6. The topological polar surface area (TPSA) is 20.2 Å². The molecule has 0 bridgehead atoms. The molecule has 0 saturated heterocycles. The van der Waals surface area contributed by atoms with Crippen LogP contribution in [0.25, 0.3) is 0 Å². The van der Waals surface area contributed by atoms with Crippen molar-refractivity contribution in [2.24, 2.45) is 5.92 Å². The summed E-state index contributed by atoms with van der Waals surface area (Å²) < 4.78 is 0. The predicted octanol–water partition coefficient (Wildman–Crippen LogP) is 6.44. The number of aliphatic hydroxyl groups excluding tert-OH is 1. The second kappa shape index (κ2) is 8.38. The fraction of sp³-hybridized carbons (Fsp3) is 0.520. The van der Waals surface area contributed by atoms with E-state index in [0.29, 0.717) is 11.8 Å². The van der Waals surface area contributed by atoms with E-state index in [1.54, 1.807) is 0 Å². The van der Waals surface area contributed by atoms with Gasteiger partial charge in [0, 0.05) is 22.1 Å². The first-order valence-electron chi connectivity index (χ1n) is 10.7. The Morgan fingerprint density at radius 2 is 1.68 bits per heavy atom. The maximum absolute atomic E-state index is 10.4. The number of benzene rings is 2. The van der Waals surface area contributed by atoms with Gasteiger partial charge in [0.2, 0.25) is 0 Å². The van der Waals surface area contributed by atoms with E-state index >= 15 is 0 Å². The molecule has 28 heavy (non-hydrogen) atoms. The van der Waals surface area contributed by atoms with Crippen LogP contribution in [0.4, 0.5) is 0 Å². The van der Waals surface area contributed by atoms with Gasteiger partial charge in [-0.1, -0.05) is 61.5 Å². The third kappa shape index (κ3) is 3.86. The zero-order chi connectivity index (χ0) is 19.7. The molecule has 1 nitrogen and oxygen atoms in total. The van der Waals surface area contributed by atoms with Gasteiger partial charge in [-0.05, 0) is 61.1 Å². The Morgan fingerprint density at radius 3 is 2.29 bits per heavy atom. The third-order valence-corrected chi connectivity index (χ3v) is 8.01. The summed E-state index contributed by atoms with van der Waals surface area (Å²) in [5, 5.41) is 10.7. The molecule has 2 fully saturated rings. The molecule has 0 heterocycles. The molecule has 2 aromatic carbocycles. The van der Waals surface area contributed by atoms with E-state index in [-0.39, 0.29) is 22.3 Å². The maximum atomic E-state index is 10.4. The number of alkyl halides is 2. The van der Waals surface area contributed by atoms with Gasteiger partial charge in [0.25, 0.3) is 0 Å². The summed E-state index contributed by atoms with van der Waals surface area (Å²) in [5.74, 6) is 0.694. The molecule has 2 aromatic rings. The molecule has 1 N–H and O–H groups in total. The van der Waals surface area contributed by atoms with E-state index < -0.39 is 0 Å². The van der Waals surface area contributed by atoms with Crippen molar-refractivity contribution >= 4 is 23.2 Å². The van der Waals surface area contributed by atoms with Gasteiger partial charge in [0.15, 0.2) is 0 Å². The van der Waals surface area contributed by atoms with E-state index in [1.165, 1.54) is 16.7 Å². The largest absolute Gasteiger partial charge is 0.392 e. The molecule has 5 atom stereocenters. The van der Waals surface area contributed by atoms with Crippen molar-refractivity contribution in [2.45, 2.75) is 73.6 Å². The third-order valence-electron chi connectivity index (χ3n) is 7.06. The Balaban J connectivity index is 1.51. The number of aryl methyl sites for hydroxylation is 1. The van der Waals surface area contributed by atoms with Crippen LogP contribution in [0, 0.1) is 5.92 Å². The van der Waals surface area contributed by atoms with Crippen LogP contribution in [0.3, 0.4) is 0 Å². The Bertz CT molecular complexity index is 769. The normalized spacial score (nSPS) is 29.6. The number of hydrogen-bond acceptors (Lipinski definition) is 1. The number of rotatable bonds is 7. The molecule has 0 radical (unpaired) electrons. The van der Waals surface area contributed by atoms with Gasteiger partial charge in [0.05, 0.1) is 6.10 Å². The highest BCUT2D eigenvalue weighted by Gasteiger charge is 2.49. The molecule has 5 unspecified atom stereocenters. The standard InChI is InChI=1S/C25H30Cl2O/c1-2-23(28)25(14-15-25)19-11-9-18(10-12-19)24-20(21(26)16-22(24)27)13-8-17-6-4-3-5-7-17/h3-7,9-12,20-24,28H,2,8,13-16H2,1H3. The second-order valence-corrected chi connectivity index (χ2v) is 9.80. The first-order valence-corrected chi connectivity index (χ1v) is 11.5. The monoisotopic (exact) mass is 416 g/mol. The van der Waals surface area contributed by atoms with E-state index in [4.69, 9.17) is 23.2 Å². The molecule has 150 valence electrons. The van der Waals surface area contributed by atoms with Gasteiger partial charge in [-0.25, -0.2) is 0 Å². The maximum Gasteiger partial charge on any atom is 0.0634 e. The van der Waals surface area contributed by atoms with Gasteiger partial charge >= 0.3 is 0 Å². The van der Waals surface area contributed by atoms with Crippen molar-refractivity contribution in [3.05, 3.63) is 71.3 Å². The number of aliphatic hydroxyl groups is 1. The van der Waals surface area contributed by atoms with Crippen molar-refractivity contribution in [3.8, 4) is 0 Å². The van der Waals surface area contributed by atoms with Gasteiger partial charge in [-0.2, -0.15) is 0 Å². The zero-order valence-corrected chi connectivity index (χ0v) is 18.0. The highest BCUT2D eigenvalue weighted by atomic mass is 35.5. The molecule has 4 rings (SSSR count). The SMILES string of the molecule is CCC(O)C1(c2ccc(C3C(Cl)CC(Cl)C3CCc3ccccc3)cc2)CC1. The van der Waals surface area contributed by atoms with Crippen LogP contribution >= 0.6 is 23.2 Å². The average Bonchev–Trinajstić information content (AvgIpc) is 3.48. The van der Waals surface area contributed by atoms with Crippen LogP contribution < -0.4 is 0 Å². The van der Waals surface area contributed by atoms with E-state index in [0.717, 1.165) is 38.5 Å². The van der Waals surface area contributed by atoms with Gasteiger partial charge in [-0.15, -0.1) is 23.2 Å². The fourth-order valence-electron chi connectivity index (χ4n) is 5.20. The fourth-order valence-corrected chi connectivity index (χ4v) is 6.29. The summed E-state index contributed by atoms with van der Waals surface area (Å²) in [6.45, 7) is 2.06. The van der Waals surface area contributed by atoms with Crippen molar-refractivity contribution in [1.29, 1.82) is 0 Å². The molecule has 0 amide bonds. The minimum absolute atomic E-state index is 0.00888. The Labute approximate surface area is 179 Å². The summed E-state index contributed by atoms with van der Waals surface area (Å²) in [6.07, 6.45) is 5.72. The first-order chi connectivity index (χ1) is 13.5. The lowest BCUT2D eigenvalue weighted by Gasteiger charge is -2.26. The molecule has 2 aliphatic rings. The van der Waals surface area contributed by atoms with Crippen LogP contribution in [-0.4, -0.2) is 22.0 Å². The summed E-state index contributed by atoms with van der Waals surface area (Å²) in [4.78, 5) is 0. The highest BCUT2D eigenvalue weighted by molar-refractivity contribution is 6.25. The predicted molar refractivity (Wildman–Crippen MR) is 119 cm³/mol. The minimum atomic E-state index is -0.239. The van der Waals surface area contributed by atoms with E-state index in [2.05, 4.69) is 61.5 Å². The van der Waals surface area contributed by atoms with Gasteiger partial charge in [-0.3, -0.25) is 0 Å². The molecule has 0 aliphatic heterocycles. The van der Waals surface area contributed by atoms with Crippen LogP contribution in [0.1, 0.15) is 61.6 Å². The second-order valence-electron chi connectivity index (χ2n) is 8.68. The smallest absolute Gasteiger partial charge is 0.0634 e. The Kier molecular flexibility index (Phi) is 6.06. The molecule has 2 saturated carbocycles. The lowest BCUT2D eigenvalue weighted by atomic mass is 9.82. The first kappa shape index (κ1) is 20.3. The molecular formula is C25H30Cl2O. The molecule has 3 heteroatoms. The molecule has 0 spiro atoms. The van der Waals surface area contributed by atoms with Crippen molar-refractivity contribution in [1.82, 2.24) is 0 Å². The summed E-state index contributed by atoms with van der Waals surface area (Å²) in [5.41, 5.74) is 3.93. The average molecular weight is 417 g/mol. The van der Waals surface area contributed by atoms with Crippen molar-refractivity contribution in [3.63, 3.8) is 0 Å². The van der Waals surface area contributed by atoms with E-state index in [9.17, 15) is 5.11 Å². The summed E-state index contributed by atoms with van der Waals surface area (Å²) in [7, 11) is 0. The Hall–Kier alpha value is -1.02. The number of halogens is 2. The van der Waals surface area contributed by atoms with Crippen LogP contribution in [-0.2, 0) is 11.8 Å². The van der Waals surface area contributed by atoms with E-state index in [1.807, 2.05) is 0 Å². The Morgan fingerprint density at radius 1 is 1.00 bits per heavy atom. The summed E-state index contributed by atoms with van der Waals surface area (Å²) >= 11 is 13.5. The zero-order valence-electron chi connectivity index (χ0n) is 16.5. The molecule has 2 aliphatic carbocycles. The van der Waals surface area contributed by atoms with Crippen LogP contribution in [0.15, 0.2) is 54.6 Å². The van der Waals surface area contributed by atoms with Crippen molar-refractivity contribution in [2.75, 3.05) is 0 Å². The van der Waals surface area contributed by atoms with Crippen LogP contribution in [0.2, 0.25) is 0 Å². The highest BCUT2D eigenvalue weighted by Crippen LogP contribution is 2.53. The lowest BCUT2D eigenvalue weighted by Crippen LogP contribution is -2.25. The van der Waals surface area contributed by atoms with Crippen LogP contribution in [0.5, 0.6) is 0 Å². The van der Waals surface area contributed by atoms with Crippen molar-refractivity contribution < 1.29 is 5.11 Å². The minimum Gasteiger partial charge on any atom is -0.392 e.